The fraction of sp³-hybridized carbons (Fsp3) is 0.125. The van der Waals surface area contributed by atoms with Gasteiger partial charge in [-0.15, -0.1) is 5.10 Å². The van der Waals surface area contributed by atoms with E-state index in [9.17, 15) is 4.79 Å². The first-order valence-electron chi connectivity index (χ1n) is 16.0. The van der Waals surface area contributed by atoms with E-state index in [1.165, 1.54) is 0 Å². The summed E-state index contributed by atoms with van der Waals surface area (Å²) < 4.78 is 9.11. The summed E-state index contributed by atoms with van der Waals surface area (Å²) in [4.78, 5) is 16.7. The summed E-state index contributed by atoms with van der Waals surface area (Å²) >= 11 is 0. The Morgan fingerprint density at radius 1 is 0.708 bits per heavy atom. The highest BCUT2D eigenvalue weighted by atomic mass is 16.5. The molecule has 48 heavy (non-hydrogen) atoms. The largest absolute Gasteiger partial charge is 0.461 e. The van der Waals surface area contributed by atoms with Crippen LogP contribution in [0, 0.1) is 0 Å². The number of imidazole rings is 1. The minimum atomic E-state index is -0.861. The zero-order valence-electron chi connectivity index (χ0n) is 26.6. The molecule has 8 heteroatoms. The molecule has 2 heterocycles. The van der Waals surface area contributed by atoms with Gasteiger partial charge in [-0.1, -0.05) is 146 Å². The second-order valence-electron chi connectivity index (χ2n) is 11.5. The van der Waals surface area contributed by atoms with Gasteiger partial charge in [0.05, 0.1) is 19.1 Å². The van der Waals surface area contributed by atoms with Gasteiger partial charge in [0.15, 0.2) is 5.82 Å². The molecule has 0 amide bonds. The Morgan fingerprint density at radius 3 is 1.85 bits per heavy atom. The van der Waals surface area contributed by atoms with Gasteiger partial charge < -0.3 is 9.30 Å². The maximum absolute atomic E-state index is 12.5. The van der Waals surface area contributed by atoms with E-state index < -0.39 is 5.54 Å². The SMILES string of the molecule is CCCOC(=O)c1cncn1Cc1ccc(-c2ccccc2-c2nnnn2C(c2ccccc2)(c2ccccc2)c2ccccc2)cc1. The molecule has 0 aliphatic carbocycles. The van der Waals surface area contributed by atoms with Gasteiger partial charge in [-0.3, -0.25) is 0 Å². The van der Waals surface area contributed by atoms with Gasteiger partial charge in [0, 0.05) is 12.1 Å². The first kappa shape index (κ1) is 30.5. The predicted octanol–water partition coefficient (Wildman–Crippen LogP) is 7.66. The molecule has 0 radical (unpaired) electrons. The smallest absolute Gasteiger partial charge is 0.356 e. The fourth-order valence-electron chi connectivity index (χ4n) is 6.29. The van der Waals surface area contributed by atoms with Crippen molar-refractivity contribution in [1.82, 2.24) is 29.8 Å². The Morgan fingerprint density at radius 2 is 1.27 bits per heavy atom. The molecule has 0 saturated carbocycles. The molecule has 0 aliphatic rings. The highest BCUT2D eigenvalue weighted by Gasteiger charge is 2.42. The minimum absolute atomic E-state index is 0.366. The molecule has 7 rings (SSSR count). The summed E-state index contributed by atoms with van der Waals surface area (Å²) in [5.74, 6) is 0.273. The molecule has 8 nitrogen and oxygen atoms in total. The molecular weight excluding hydrogens is 596 g/mol. The van der Waals surface area contributed by atoms with Gasteiger partial charge in [0.2, 0.25) is 0 Å². The van der Waals surface area contributed by atoms with Crippen LogP contribution in [-0.4, -0.2) is 42.3 Å². The third-order valence-corrected chi connectivity index (χ3v) is 8.51. The molecule has 5 aromatic carbocycles. The van der Waals surface area contributed by atoms with Crippen LogP contribution in [0.15, 0.2) is 152 Å². The highest BCUT2D eigenvalue weighted by Crippen LogP contribution is 2.43. The van der Waals surface area contributed by atoms with Crippen LogP contribution in [0.5, 0.6) is 0 Å². The van der Waals surface area contributed by atoms with E-state index in [-0.39, 0.29) is 5.97 Å². The summed E-state index contributed by atoms with van der Waals surface area (Å²) in [6, 6.07) is 47.7. The Bertz CT molecular complexity index is 2010. The fourth-order valence-corrected chi connectivity index (χ4v) is 6.29. The number of nitrogens with zero attached hydrogens (tertiary/aromatic N) is 6. The van der Waals surface area contributed by atoms with Crippen LogP contribution in [0.25, 0.3) is 22.5 Å². The number of rotatable bonds is 11. The van der Waals surface area contributed by atoms with Gasteiger partial charge in [-0.25, -0.2) is 14.5 Å². The van der Waals surface area contributed by atoms with Crippen molar-refractivity contribution in [2.75, 3.05) is 6.61 Å². The Hall–Kier alpha value is -6.15. The monoisotopic (exact) mass is 630 g/mol. The topological polar surface area (TPSA) is 87.7 Å². The van der Waals surface area contributed by atoms with E-state index in [0.717, 1.165) is 45.4 Å². The lowest BCUT2D eigenvalue weighted by Crippen LogP contribution is -2.39. The van der Waals surface area contributed by atoms with Gasteiger partial charge in [-0.2, -0.15) is 0 Å². The maximum atomic E-state index is 12.5. The van der Waals surface area contributed by atoms with E-state index in [1.54, 1.807) is 12.5 Å². The van der Waals surface area contributed by atoms with E-state index in [0.29, 0.717) is 24.7 Å². The quantitative estimate of drug-likeness (QED) is 0.108. The molecular formula is C40H34N6O2. The average molecular weight is 631 g/mol. The molecule has 0 N–H and O–H groups in total. The van der Waals surface area contributed by atoms with Crippen LogP contribution >= 0.6 is 0 Å². The van der Waals surface area contributed by atoms with E-state index in [4.69, 9.17) is 9.95 Å². The van der Waals surface area contributed by atoms with Gasteiger partial charge in [-0.05, 0) is 50.2 Å². The third-order valence-electron chi connectivity index (χ3n) is 8.51. The summed E-state index contributed by atoms with van der Waals surface area (Å²) in [6.07, 6.45) is 3.97. The zero-order valence-corrected chi connectivity index (χ0v) is 26.6. The van der Waals surface area contributed by atoms with Crippen molar-refractivity contribution < 1.29 is 9.53 Å². The van der Waals surface area contributed by atoms with Crippen molar-refractivity contribution in [2.45, 2.75) is 25.4 Å². The van der Waals surface area contributed by atoms with Gasteiger partial charge in [0.1, 0.15) is 11.2 Å². The number of benzene rings is 5. The van der Waals surface area contributed by atoms with E-state index >= 15 is 0 Å². The van der Waals surface area contributed by atoms with Crippen molar-refractivity contribution in [3.63, 3.8) is 0 Å². The van der Waals surface area contributed by atoms with Crippen LogP contribution in [-0.2, 0) is 16.8 Å². The molecule has 2 aromatic heterocycles. The molecule has 7 aromatic rings. The Labute approximate surface area is 279 Å². The van der Waals surface area contributed by atoms with Crippen LogP contribution in [0.4, 0.5) is 0 Å². The summed E-state index contributed by atoms with van der Waals surface area (Å²) in [7, 11) is 0. The second-order valence-corrected chi connectivity index (χ2v) is 11.5. The second kappa shape index (κ2) is 13.7. The van der Waals surface area contributed by atoms with Crippen molar-refractivity contribution in [2.24, 2.45) is 0 Å². The standard InChI is InChI=1S/C40H34N6O2/c1-2-26-48-39(47)37-27-41-29-45(37)28-30-22-24-31(25-23-30)35-20-12-13-21-36(35)38-42-43-44-46(38)40(32-14-6-3-7-15-32,33-16-8-4-9-17-33)34-18-10-5-11-19-34/h3-25,27,29H,2,26,28H2,1H3. The molecule has 0 atom stereocenters. The molecule has 0 bridgehead atoms. The van der Waals surface area contributed by atoms with E-state index in [2.05, 4.69) is 124 Å². The number of carbonyl (C=O) groups excluding carboxylic acids is 1. The first-order chi connectivity index (χ1) is 23.7. The normalized spacial score (nSPS) is 11.4. The molecule has 236 valence electrons. The van der Waals surface area contributed by atoms with Crippen LogP contribution < -0.4 is 0 Å². The molecule has 0 spiro atoms. The summed E-state index contributed by atoms with van der Waals surface area (Å²) in [6.45, 7) is 2.84. The zero-order chi connectivity index (χ0) is 32.8. The maximum Gasteiger partial charge on any atom is 0.356 e. The molecule has 0 aliphatic heterocycles. The number of hydrogen-bond donors (Lipinski definition) is 0. The third kappa shape index (κ3) is 5.69. The van der Waals surface area contributed by atoms with Crippen LogP contribution in [0.2, 0.25) is 0 Å². The summed E-state index contributed by atoms with van der Waals surface area (Å²) in [5, 5.41) is 13.7. The van der Waals surface area contributed by atoms with Gasteiger partial charge >= 0.3 is 5.97 Å². The number of carbonyl (C=O) groups is 1. The van der Waals surface area contributed by atoms with Crippen molar-refractivity contribution in [1.29, 1.82) is 0 Å². The number of aromatic nitrogens is 6. The van der Waals surface area contributed by atoms with E-state index in [1.807, 2.05) is 46.5 Å². The average Bonchev–Trinajstić information content (AvgIpc) is 3.83. The minimum Gasteiger partial charge on any atom is -0.461 e. The lowest BCUT2D eigenvalue weighted by Gasteiger charge is -2.36. The van der Waals surface area contributed by atoms with Crippen molar-refractivity contribution in [3.05, 3.63) is 180 Å². The molecule has 0 unspecified atom stereocenters. The number of tetrazole rings is 1. The lowest BCUT2D eigenvalue weighted by molar-refractivity contribution is 0.0493. The number of esters is 1. The van der Waals surface area contributed by atoms with Crippen LogP contribution in [0.1, 0.15) is 46.1 Å². The molecule has 0 saturated heterocycles. The number of ether oxygens (including phenoxy) is 1. The van der Waals surface area contributed by atoms with Crippen molar-refractivity contribution in [3.8, 4) is 22.5 Å². The van der Waals surface area contributed by atoms with Gasteiger partial charge in [0.25, 0.3) is 0 Å². The first-order valence-corrected chi connectivity index (χ1v) is 16.0. The highest BCUT2D eigenvalue weighted by molar-refractivity contribution is 5.87. The summed E-state index contributed by atoms with van der Waals surface area (Å²) in [5.41, 5.74) is 6.62. The van der Waals surface area contributed by atoms with Crippen LogP contribution in [0.3, 0.4) is 0 Å². The Kier molecular flexibility index (Phi) is 8.70. The van der Waals surface area contributed by atoms with Crippen molar-refractivity contribution >= 4 is 5.97 Å². The number of hydrogen-bond acceptors (Lipinski definition) is 6. The Balaban J connectivity index is 1.31. The lowest BCUT2D eigenvalue weighted by atomic mass is 9.77. The predicted molar refractivity (Wildman–Crippen MR) is 185 cm³/mol. The molecule has 0 fully saturated rings.